The van der Waals surface area contributed by atoms with Crippen LogP contribution < -0.4 is 10.2 Å². The monoisotopic (exact) mass is 387 g/mol. The molecule has 0 radical (unpaired) electrons. The number of carbonyl (C=O) groups is 1. The zero-order chi connectivity index (χ0) is 18.8. The van der Waals surface area contributed by atoms with E-state index < -0.39 is 0 Å². The number of nitrogens with one attached hydrogen (secondary N) is 1. The molecule has 0 spiro atoms. The summed E-state index contributed by atoms with van der Waals surface area (Å²) < 4.78 is 14.1. The zero-order valence-electron chi connectivity index (χ0n) is 15.6. The smallest absolute Gasteiger partial charge is 0.223 e. The number of anilines is 1. The highest BCUT2D eigenvalue weighted by Gasteiger charge is 2.35. The molecule has 1 aromatic heterocycles. The molecule has 4 nitrogen and oxygen atoms in total. The lowest BCUT2D eigenvalue weighted by atomic mass is 10.0. The van der Waals surface area contributed by atoms with E-state index in [1.807, 2.05) is 12.1 Å². The van der Waals surface area contributed by atoms with Gasteiger partial charge in [0.25, 0.3) is 0 Å². The van der Waals surface area contributed by atoms with Crippen LogP contribution in [0.15, 0.2) is 41.8 Å². The van der Waals surface area contributed by atoms with Crippen LogP contribution in [0.4, 0.5) is 10.1 Å². The number of para-hydroxylation sites is 1. The van der Waals surface area contributed by atoms with Crippen molar-refractivity contribution in [2.45, 2.75) is 31.8 Å². The summed E-state index contributed by atoms with van der Waals surface area (Å²) in [5.41, 5.74) is 0.680. The first-order valence-electron chi connectivity index (χ1n) is 9.71. The van der Waals surface area contributed by atoms with E-state index in [2.05, 4.69) is 39.6 Å². The summed E-state index contributed by atoms with van der Waals surface area (Å²) in [5.74, 6) is 0.245. The van der Waals surface area contributed by atoms with Crippen molar-refractivity contribution in [2.24, 2.45) is 5.92 Å². The standard InChI is InChI=1S/C21H26FN3OS/c1-15(23-21(26)16-8-9-16)20(19-7-4-14-27-19)25-12-10-24(11-13-25)18-6-3-2-5-17(18)22/h2-7,14-16,20H,8-13H2,1H3,(H,23,26)/t15-,20+/m1/s1. The fraction of sp³-hybridized carbons (Fsp3) is 0.476. The molecule has 27 heavy (non-hydrogen) atoms. The quantitative estimate of drug-likeness (QED) is 0.822. The highest BCUT2D eigenvalue weighted by atomic mass is 32.1. The normalized spacial score (nSPS) is 20.3. The fourth-order valence-corrected chi connectivity index (χ4v) is 4.88. The SMILES string of the molecule is C[C@@H](NC(=O)C1CC1)[C@@H](c1cccs1)N1CCN(c2ccccc2F)CC1. The summed E-state index contributed by atoms with van der Waals surface area (Å²) in [5, 5.41) is 5.32. The Bertz CT molecular complexity index is 769. The molecule has 2 aromatic rings. The van der Waals surface area contributed by atoms with Gasteiger partial charge in [-0.2, -0.15) is 0 Å². The van der Waals surface area contributed by atoms with E-state index in [1.54, 1.807) is 17.4 Å². The number of carbonyl (C=O) groups excluding carboxylic acids is 1. The summed E-state index contributed by atoms with van der Waals surface area (Å²) in [6.45, 7) is 5.37. The van der Waals surface area contributed by atoms with Gasteiger partial charge in [-0.3, -0.25) is 9.69 Å². The molecule has 4 rings (SSSR count). The van der Waals surface area contributed by atoms with Gasteiger partial charge in [-0.25, -0.2) is 4.39 Å². The maximum absolute atomic E-state index is 14.1. The Kier molecular flexibility index (Phi) is 5.45. The summed E-state index contributed by atoms with van der Waals surface area (Å²) >= 11 is 1.74. The molecule has 2 aliphatic rings. The second-order valence-corrected chi connectivity index (χ2v) is 8.49. The molecule has 1 aliphatic carbocycles. The molecule has 6 heteroatoms. The maximum atomic E-state index is 14.1. The minimum atomic E-state index is -0.161. The fourth-order valence-electron chi connectivity index (χ4n) is 3.92. The highest BCUT2D eigenvalue weighted by molar-refractivity contribution is 7.10. The van der Waals surface area contributed by atoms with E-state index in [4.69, 9.17) is 0 Å². The van der Waals surface area contributed by atoms with E-state index in [0.717, 1.165) is 39.0 Å². The van der Waals surface area contributed by atoms with Crippen molar-refractivity contribution in [3.63, 3.8) is 0 Å². The van der Waals surface area contributed by atoms with E-state index in [-0.39, 0.29) is 29.7 Å². The largest absolute Gasteiger partial charge is 0.367 e. The average molecular weight is 388 g/mol. The molecule has 2 atom stereocenters. The summed E-state index contributed by atoms with van der Waals surface area (Å²) in [4.78, 5) is 18.1. The predicted octanol–water partition coefficient (Wildman–Crippen LogP) is 3.67. The van der Waals surface area contributed by atoms with Crippen molar-refractivity contribution in [3.8, 4) is 0 Å². The van der Waals surface area contributed by atoms with Crippen LogP contribution in [0.5, 0.6) is 0 Å². The van der Waals surface area contributed by atoms with Gasteiger partial charge in [0.05, 0.1) is 11.7 Å². The average Bonchev–Trinajstić information content (AvgIpc) is 3.40. The number of piperazine rings is 1. The first-order valence-corrected chi connectivity index (χ1v) is 10.6. The Labute approximate surface area is 164 Å². The molecule has 144 valence electrons. The third-order valence-corrected chi connectivity index (χ3v) is 6.47. The van der Waals surface area contributed by atoms with Crippen molar-refractivity contribution >= 4 is 22.9 Å². The molecule has 2 heterocycles. The molecular formula is C21H26FN3OS. The number of hydrogen-bond donors (Lipinski definition) is 1. The van der Waals surface area contributed by atoms with Crippen LogP contribution in [0.3, 0.4) is 0 Å². The van der Waals surface area contributed by atoms with Crippen LogP contribution in [0.1, 0.15) is 30.7 Å². The Morgan fingerprint density at radius 1 is 1.15 bits per heavy atom. The maximum Gasteiger partial charge on any atom is 0.223 e. The minimum absolute atomic E-state index is 0.0526. The Balaban J connectivity index is 1.45. The second-order valence-electron chi connectivity index (χ2n) is 7.51. The molecule has 1 saturated heterocycles. The molecular weight excluding hydrogens is 361 g/mol. The number of halogens is 1. The third kappa shape index (κ3) is 4.17. The Morgan fingerprint density at radius 2 is 1.89 bits per heavy atom. The second kappa shape index (κ2) is 7.98. The van der Waals surface area contributed by atoms with E-state index in [9.17, 15) is 9.18 Å². The lowest BCUT2D eigenvalue weighted by Gasteiger charge is -2.42. The lowest BCUT2D eigenvalue weighted by molar-refractivity contribution is -0.123. The first kappa shape index (κ1) is 18.4. The van der Waals surface area contributed by atoms with Gasteiger partial charge in [0.15, 0.2) is 0 Å². The van der Waals surface area contributed by atoms with E-state index in [1.165, 1.54) is 10.9 Å². The lowest BCUT2D eigenvalue weighted by Crippen LogP contribution is -2.52. The first-order chi connectivity index (χ1) is 13.1. The number of nitrogens with zero attached hydrogens (tertiary/aromatic N) is 2. The van der Waals surface area contributed by atoms with Gasteiger partial charge < -0.3 is 10.2 Å². The van der Waals surface area contributed by atoms with Gasteiger partial charge in [-0.1, -0.05) is 18.2 Å². The van der Waals surface area contributed by atoms with Gasteiger partial charge in [-0.05, 0) is 43.3 Å². The van der Waals surface area contributed by atoms with Crippen LogP contribution in [0, 0.1) is 11.7 Å². The van der Waals surface area contributed by atoms with Crippen LogP contribution in [0.25, 0.3) is 0 Å². The minimum Gasteiger partial charge on any atom is -0.367 e. The van der Waals surface area contributed by atoms with Gasteiger partial charge in [0.1, 0.15) is 5.82 Å². The molecule has 2 fully saturated rings. The summed E-state index contributed by atoms with van der Waals surface area (Å²) in [6, 6.07) is 11.4. The molecule has 1 saturated carbocycles. The van der Waals surface area contributed by atoms with Crippen LogP contribution in [-0.2, 0) is 4.79 Å². The summed E-state index contributed by atoms with van der Waals surface area (Å²) in [7, 11) is 0. The van der Waals surface area contributed by atoms with Crippen molar-refractivity contribution < 1.29 is 9.18 Å². The van der Waals surface area contributed by atoms with Crippen molar-refractivity contribution in [1.82, 2.24) is 10.2 Å². The number of hydrogen-bond acceptors (Lipinski definition) is 4. The molecule has 1 aromatic carbocycles. The summed E-state index contributed by atoms with van der Waals surface area (Å²) in [6.07, 6.45) is 2.03. The van der Waals surface area contributed by atoms with Crippen molar-refractivity contribution in [1.29, 1.82) is 0 Å². The molecule has 1 aliphatic heterocycles. The molecule has 0 bridgehead atoms. The van der Waals surface area contributed by atoms with Crippen molar-refractivity contribution in [3.05, 3.63) is 52.5 Å². The number of benzene rings is 1. The van der Waals surface area contributed by atoms with Gasteiger partial charge in [-0.15, -0.1) is 11.3 Å². The number of amides is 1. The topological polar surface area (TPSA) is 35.6 Å². The molecule has 1 amide bonds. The third-order valence-electron chi connectivity index (χ3n) is 5.53. The highest BCUT2D eigenvalue weighted by Crippen LogP contribution is 2.33. The van der Waals surface area contributed by atoms with Gasteiger partial charge in [0, 0.05) is 43.0 Å². The molecule has 1 N–H and O–H groups in total. The van der Waals surface area contributed by atoms with Crippen LogP contribution in [-0.4, -0.2) is 43.0 Å². The van der Waals surface area contributed by atoms with Gasteiger partial charge in [0.2, 0.25) is 5.91 Å². The molecule has 0 unspecified atom stereocenters. The van der Waals surface area contributed by atoms with Gasteiger partial charge >= 0.3 is 0 Å². The zero-order valence-corrected chi connectivity index (χ0v) is 16.4. The Morgan fingerprint density at radius 3 is 2.52 bits per heavy atom. The van der Waals surface area contributed by atoms with Crippen molar-refractivity contribution in [2.75, 3.05) is 31.1 Å². The number of rotatable bonds is 6. The van der Waals surface area contributed by atoms with Crippen LogP contribution >= 0.6 is 11.3 Å². The predicted molar refractivity (Wildman–Crippen MR) is 108 cm³/mol. The van der Waals surface area contributed by atoms with E-state index in [0.29, 0.717) is 5.69 Å². The van der Waals surface area contributed by atoms with Crippen LogP contribution in [0.2, 0.25) is 0 Å². The van der Waals surface area contributed by atoms with E-state index >= 15 is 0 Å². The Hall–Kier alpha value is -1.92. The number of thiophene rings is 1.